The van der Waals surface area contributed by atoms with Crippen LogP contribution in [0.2, 0.25) is 15.1 Å². The zero-order valence-corrected chi connectivity index (χ0v) is 14.6. The van der Waals surface area contributed by atoms with Gasteiger partial charge in [0.15, 0.2) is 0 Å². The molecule has 3 nitrogen and oxygen atoms in total. The molecule has 1 amide bonds. The summed E-state index contributed by atoms with van der Waals surface area (Å²) in [5.41, 5.74) is 1.57. The third-order valence-electron chi connectivity index (χ3n) is 3.93. The summed E-state index contributed by atoms with van der Waals surface area (Å²) in [7, 11) is 0. The zero-order valence-electron chi connectivity index (χ0n) is 12.3. The number of carbonyl (C=O) groups is 1. The van der Waals surface area contributed by atoms with Crippen LogP contribution in [-0.4, -0.2) is 37.0 Å². The van der Waals surface area contributed by atoms with E-state index in [9.17, 15) is 4.79 Å². The molecule has 0 unspecified atom stereocenters. The standard InChI is InChI=1S/C17H15Cl3N2O/c18-13-6-4-12(5-7-13)17(23)22-10-8-21(9-11-22)15-3-1-2-14(19)16(15)20/h1-7H,8-11H2. The molecule has 120 valence electrons. The van der Waals surface area contributed by atoms with Gasteiger partial charge in [0.1, 0.15) is 0 Å². The van der Waals surface area contributed by atoms with E-state index in [4.69, 9.17) is 34.8 Å². The van der Waals surface area contributed by atoms with E-state index in [0.717, 1.165) is 18.8 Å². The fraction of sp³-hybridized carbons (Fsp3) is 0.235. The highest BCUT2D eigenvalue weighted by molar-refractivity contribution is 6.43. The minimum atomic E-state index is 0.0264. The number of carbonyl (C=O) groups excluding carboxylic acids is 1. The molecule has 1 heterocycles. The largest absolute Gasteiger partial charge is 0.367 e. The van der Waals surface area contributed by atoms with Crippen molar-refractivity contribution in [3.8, 4) is 0 Å². The van der Waals surface area contributed by atoms with Crippen molar-refractivity contribution in [2.24, 2.45) is 0 Å². The van der Waals surface area contributed by atoms with E-state index in [1.165, 1.54) is 0 Å². The van der Waals surface area contributed by atoms with Crippen LogP contribution in [0.5, 0.6) is 0 Å². The van der Waals surface area contributed by atoms with Gasteiger partial charge < -0.3 is 9.80 Å². The predicted molar refractivity (Wildman–Crippen MR) is 96.0 cm³/mol. The summed E-state index contributed by atoms with van der Waals surface area (Å²) in [5, 5.41) is 1.73. The van der Waals surface area contributed by atoms with Crippen molar-refractivity contribution in [3.05, 3.63) is 63.1 Å². The number of halogens is 3. The van der Waals surface area contributed by atoms with Gasteiger partial charge in [-0.25, -0.2) is 0 Å². The molecule has 2 aromatic carbocycles. The van der Waals surface area contributed by atoms with Crippen LogP contribution in [0, 0.1) is 0 Å². The van der Waals surface area contributed by atoms with E-state index in [1.807, 2.05) is 17.0 Å². The molecule has 1 fully saturated rings. The maximum atomic E-state index is 12.5. The molecule has 0 spiro atoms. The third-order valence-corrected chi connectivity index (χ3v) is 4.99. The molecule has 0 saturated carbocycles. The SMILES string of the molecule is O=C(c1ccc(Cl)cc1)N1CCN(c2cccc(Cl)c2Cl)CC1. The second kappa shape index (κ2) is 7.00. The molecular weight excluding hydrogens is 355 g/mol. The van der Waals surface area contributed by atoms with Gasteiger partial charge in [0.25, 0.3) is 5.91 Å². The maximum absolute atomic E-state index is 12.5. The molecule has 0 aromatic heterocycles. The summed E-state index contributed by atoms with van der Waals surface area (Å²) in [6.45, 7) is 2.73. The Kier molecular flexibility index (Phi) is 5.00. The van der Waals surface area contributed by atoms with Gasteiger partial charge in [-0.05, 0) is 36.4 Å². The number of hydrogen-bond acceptors (Lipinski definition) is 2. The van der Waals surface area contributed by atoms with Crippen LogP contribution in [-0.2, 0) is 0 Å². The number of benzene rings is 2. The Labute approximate surface area is 150 Å². The van der Waals surface area contributed by atoms with E-state index < -0.39 is 0 Å². The first-order chi connectivity index (χ1) is 11.1. The van der Waals surface area contributed by atoms with E-state index >= 15 is 0 Å². The summed E-state index contributed by atoms with van der Waals surface area (Å²) >= 11 is 18.2. The highest BCUT2D eigenvalue weighted by atomic mass is 35.5. The van der Waals surface area contributed by atoms with Gasteiger partial charge in [-0.1, -0.05) is 40.9 Å². The Morgan fingerprint density at radius 3 is 2.17 bits per heavy atom. The summed E-state index contributed by atoms with van der Waals surface area (Å²) in [6.07, 6.45) is 0. The average molecular weight is 370 g/mol. The quantitative estimate of drug-likeness (QED) is 0.772. The number of anilines is 1. The fourth-order valence-electron chi connectivity index (χ4n) is 2.66. The Balaban J connectivity index is 1.67. The summed E-state index contributed by atoms with van der Waals surface area (Å²) in [6, 6.07) is 12.6. The van der Waals surface area contributed by atoms with Crippen molar-refractivity contribution in [3.63, 3.8) is 0 Å². The summed E-state index contributed by atoms with van der Waals surface area (Å²) < 4.78 is 0. The predicted octanol–water partition coefficient (Wildman–Crippen LogP) is 4.61. The van der Waals surface area contributed by atoms with Crippen molar-refractivity contribution < 1.29 is 4.79 Å². The van der Waals surface area contributed by atoms with Crippen LogP contribution in [0.25, 0.3) is 0 Å². The lowest BCUT2D eigenvalue weighted by atomic mass is 10.1. The second-order valence-electron chi connectivity index (χ2n) is 5.36. The number of nitrogens with zero attached hydrogens (tertiary/aromatic N) is 2. The van der Waals surface area contributed by atoms with Gasteiger partial charge in [-0.3, -0.25) is 4.79 Å². The van der Waals surface area contributed by atoms with Gasteiger partial charge in [0, 0.05) is 36.8 Å². The average Bonchev–Trinajstić information content (AvgIpc) is 2.58. The van der Waals surface area contributed by atoms with E-state index in [-0.39, 0.29) is 5.91 Å². The molecule has 6 heteroatoms. The van der Waals surface area contributed by atoms with Gasteiger partial charge in [-0.2, -0.15) is 0 Å². The van der Waals surface area contributed by atoms with E-state index in [0.29, 0.717) is 33.7 Å². The lowest BCUT2D eigenvalue weighted by Crippen LogP contribution is -2.48. The molecule has 23 heavy (non-hydrogen) atoms. The molecule has 0 radical (unpaired) electrons. The van der Waals surface area contributed by atoms with Crippen LogP contribution in [0.3, 0.4) is 0 Å². The van der Waals surface area contributed by atoms with Gasteiger partial charge >= 0.3 is 0 Å². The first-order valence-corrected chi connectivity index (χ1v) is 8.43. The van der Waals surface area contributed by atoms with Crippen LogP contribution in [0.15, 0.2) is 42.5 Å². The van der Waals surface area contributed by atoms with Crippen LogP contribution in [0.4, 0.5) is 5.69 Å². The number of rotatable bonds is 2. The smallest absolute Gasteiger partial charge is 0.253 e. The van der Waals surface area contributed by atoms with Crippen molar-refractivity contribution >= 4 is 46.4 Å². The molecule has 0 atom stereocenters. The molecule has 1 aliphatic rings. The van der Waals surface area contributed by atoms with Crippen molar-refractivity contribution in [1.82, 2.24) is 4.90 Å². The summed E-state index contributed by atoms with van der Waals surface area (Å²) in [5.74, 6) is 0.0264. The monoisotopic (exact) mass is 368 g/mol. The van der Waals surface area contributed by atoms with Gasteiger partial charge in [0.2, 0.25) is 0 Å². The first-order valence-electron chi connectivity index (χ1n) is 7.30. The highest BCUT2D eigenvalue weighted by Gasteiger charge is 2.23. The lowest BCUT2D eigenvalue weighted by Gasteiger charge is -2.36. The Morgan fingerprint density at radius 2 is 1.52 bits per heavy atom. The Bertz CT molecular complexity index is 710. The first kappa shape index (κ1) is 16.4. The topological polar surface area (TPSA) is 23.6 Å². The lowest BCUT2D eigenvalue weighted by molar-refractivity contribution is 0.0747. The number of amides is 1. The minimum Gasteiger partial charge on any atom is -0.367 e. The van der Waals surface area contributed by atoms with Crippen LogP contribution >= 0.6 is 34.8 Å². The second-order valence-corrected chi connectivity index (χ2v) is 6.58. The normalized spacial score (nSPS) is 14.9. The molecule has 3 rings (SSSR count). The minimum absolute atomic E-state index is 0.0264. The summed E-state index contributed by atoms with van der Waals surface area (Å²) in [4.78, 5) is 16.5. The molecule has 0 N–H and O–H groups in total. The van der Waals surface area contributed by atoms with Gasteiger partial charge in [0.05, 0.1) is 15.7 Å². The van der Waals surface area contributed by atoms with Crippen molar-refractivity contribution in [2.45, 2.75) is 0 Å². The Morgan fingerprint density at radius 1 is 0.870 bits per heavy atom. The third kappa shape index (κ3) is 3.57. The van der Waals surface area contributed by atoms with Crippen molar-refractivity contribution in [1.29, 1.82) is 0 Å². The molecule has 1 aliphatic heterocycles. The molecule has 0 aliphatic carbocycles. The van der Waals surface area contributed by atoms with Crippen LogP contribution in [0.1, 0.15) is 10.4 Å². The molecular formula is C17H15Cl3N2O. The fourth-order valence-corrected chi connectivity index (χ4v) is 3.20. The molecule has 2 aromatic rings. The van der Waals surface area contributed by atoms with E-state index in [1.54, 1.807) is 30.3 Å². The number of hydrogen-bond donors (Lipinski definition) is 0. The number of piperazine rings is 1. The van der Waals surface area contributed by atoms with Crippen molar-refractivity contribution in [2.75, 3.05) is 31.1 Å². The maximum Gasteiger partial charge on any atom is 0.253 e. The Hall–Kier alpha value is -1.42. The zero-order chi connectivity index (χ0) is 16.4. The van der Waals surface area contributed by atoms with Gasteiger partial charge in [-0.15, -0.1) is 0 Å². The van der Waals surface area contributed by atoms with E-state index in [2.05, 4.69) is 4.90 Å². The molecule has 0 bridgehead atoms. The highest BCUT2D eigenvalue weighted by Crippen LogP contribution is 2.32. The van der Waals surface area contributed by atoms with Crippen LogP contribution < -0.4 is 4.90 Å². The molecule has 1 saturated heterocycles.